The summed E-state index contributed by atoms with van der Waals surface area (Å²) in [6.45, 7) is 6.32. The molecule has 2 aliphatic rings. The van der Waals surface area contributed by atoms with Gasteiger partial charge >= 0.3 is 0 Å². The van der Waals surface area contributed by atoms with E-state index in [1.54, 1.807) is 0 Å². The Morgan fingerprint density at radius 3 is 2.33 bits per heavy atom. The van der Waals surface area contributed by atoms with Gasteiger partial charge in [0.15, 0.2) is 0 Å². The molecule has 3 nitrogen and oxygen atoms in total. The number of nitrogens with one attached hydrogen (secondary N) is 1. The van der Waals surface area contributed by atoms with Gasteiger partial charge < -0.3 is 14.8 Å². The summed E-state index contributed by atoms with van der Waals surface area (Å²) in [4.78, 5) is 0. The van der Waals surface area contributed by atoms with E-state index in [0.29, 0.717) is 5.41 Å². The topological polar surface area (TPSA) is 30.5 Å². The van der Waals surface area contributed by atoms with Gasteiger partial charge in [-0.05, 0) is 38.8 Å². The van der Waals surface area contributed by atoms with Crippen LogP contribution < -0.4 is 5.32 Å². The lowest BCUT2D eigenvalue weighted by atomic mass is 9.71. The third-order valence-corrected chi connectivity index (χ3v) is 4.21. The molecule has 0 saturated carbocycles. The van der Waals surface area contributed by atoms with Crippen LogP contribution in [0.15, 0.2) is 0 Å². The molecule has 0 aromatic heterocycles. The van der Waals surface area contributed by atoms with E-state index in [-0.39, 0.29) is 5.60 Å². The van der Waals surface area contributed by atoms with Crippen LogP contribution in [0.4, 0.5) is 0 Å². The molecule has 2 aliphatic heterocycles. The summed E-state index contributed by atoms with van der Waals surface area (Å²) in [6, 6.07) is 0. The zero-order chi connectivity index (χ0) is 10.8. The number of ether oxygens (including phenoxy) is 2. The van der Waals surface area contributed by atoms with E-state index in [1.165, 1.54) is 12.8 Å². The van der Waals surface area contributed by atoms with Crippen LogP contribution in [0.25, 0.3) is 0 Å². The Bertz CT molecular complexity index is 202. The van der Waals surface area contributed by atoms with Gasteiger partial charge in [-0.25, -0.2) is 0 Å². The minimum atomic E-state index is 0.116. The molecule has 0 aromatic rings. The first-order chi connectivity index (χ1) is 7.24. The predicted octanol–water partition coefficient (Wildman–Crippen LogP) is 1.57. The zero-order valence-corrected chi connectivity index (χ0v) is 9.97. The standard InChI is InChI=1S/C12H23NO2/c1-3-11(9-15-10-11)8-12(14-2)4-6-13-7-5-12/h13H,3-10H2,1-2H3. The Morgan fingerprint density at radius 2 is 1.93 bits per heavy atom. The van der Waals surface area contributed by atoms with Crippen LogP contribution in [0.5, 0.6) is 0 Å². The van der Waals surface area contributed by atoms with Crippen LogP contribution in [0.3, 0.4) is 0 Å². The van der Waals surface area contributed by atoms with E-state index in [4.69, 9.17) is 9.47 Å². The van der Waals surface area contributed by atoms with E-state index >= 15 is 0 Å². The molecule has 0 aromatic carbocycles. The van der Waals surface area contributed by atoms with E-state index in [0.717, 1.165) is 39.1 Å². The van der Waals surface area contributed by atoms with E-state index in [2.05, 4.69) is 12.2 Å². The number of hydrogen-bond donors (Lipinski definition) is 1. The monoisotopic (exact) mass is 213 g/mol. The Labute approximate surface area is 92.5 Å². The third-order valence-electron chi connectivity index (χ3n) is 4.21. The average Bonchev–Trinajstić information content (AvgIpc) is 2.25. The minimum Gasteiger partial charge on any atom is -0.380 e. The van der Waals surface area contributed by atoms with Crippen LogP contribution in [0.1, 0.15) is 32.6 Å². The third kappa shape index (κ3) is 2.19. The lowest BCUT2D eigenvalue weighted by Crippen LogP contribution is -2.52. The summed E-state index contributed by atoms with van der Waals surface area (Å²) >= 11 is 0. The molecule has 2 rings (SSSR count). The lowest BCUT2D eigenvalue weighted by Gasteiger charge is -2.48. The Kier molecular flexibility index (Phi) is 3.33. The van der Waals surface area contributed by atoms with Gasteiger partial charge in [-0.15, -0.1) is 0 Å². The van der Waals surface area contributed by atoms with Crippen molar-refractivity contribution >= 4 is 0 Å². The van der Waals surface area contributed by atoms with Crippen LogP contribution in [-0.4, -0.2) is 39.0 Å². The normalized spacial score (nSPS) is 28.4. The minimum absolute atomic E-state index is 0.116. The van der Waals surface area contributed by atoms with Crippen molar-refractivity contribution in [3.63, 3.8) is 0 Å². The van der Waals surface area contributed by atoms with Crippen molar-refractivity contribution < 1.29 is 9.47 Å². The van der Waals surface area contributed by atoms with Crippen molar-refractivity contribution in [2.75, 3.05) is 33.4 Å². The van der Waals surface area contributed by atoms with E-state index in [9.17, 15) is 0 Å². The Hall–Kier alpha value is -0.120. The van der Waals surface area contributed by atoms with Gasteiger partial charge in [0.1, 0.15) is 0 Å². The van der Waals surface area contributed by atoms with Crippen molar-refractivity contribution in [2.45, 2.75) is 38.2 Å². The number of piperidine rings is 1. The van der Waals surface area contributed by atoms with Crippen LogP contribution in [-0.2, 0) is 9.47 Å². The molecule has 0 atom stereocenters. The number of rotatable bonds is 4. The fourth-order valence-electron chi connectivity index (χ4n) is 2.84. The van der Waals surface area contributed by atoms with Crippen LogP contribution in [0.2, 0.25) is 0 Å². The first kappa shape index (κ1) is 11.4. The maximum absolute atomic E-state index is 5.82. The molecular weight excluding hydrogens is 190 g/mol. The second-order valence-electron chi connectivity index (χ2n) is 5.16. The molecule has 0 amide bonds. The Balaban J connectivity index is 1.99. The fourth-order valence-corrected chi connectivity index (χ4v) is 2.84. The summed E-state index contributed by atoms with van der Waals surface area (Å²) in [5.74, 6) is 0. The maximum atomic E-state index is 5.82. The molecule has 88 valence electrons. The highest BCUT2D eigenvalue weighted by atomic mass is 16.5. The first-order valence-corrected chi connectivity index (χ1v) is 6.08. The van der Waals surface area contributed by atoms with Crippen molar-refractivity contribution in [3.8, 4) is 0 Å². The first-order valence-electron chi connectivity index (χ1n) is 6.08. The van der Waals surface area contributed by atoms with Gasteiger partial charge in [0.2, 0.25) is 0 Å². The second kappa shape index (κ2) is 4.40. The van der Waals surface area contributed by atoms with Gasteiger partial charge in [-0.1, -0.05) is 6.92 Å². The predicted molar refractivity (Wildman–Crippen MR) is 60.0 cm³/mol. The summed E-state index contributed by atoms with van der Waals surface area (Å²) in [6.07, 6.45) is 4.68. The van der Waals surface area contributed by atoms with Crippen molar-refractivity contribution in [1.82, 2.24) is 5.32 Å². The molecule has 0 unspecified atom stereocenters. The fraction of sp³-hybridized carbons (Fsp3) is 1.00. The second-order valence-corrected chi connectivity index (χ2v) is 5.16. The zero-order valence-electron chi connectivity index (χ0n) is 9.97. The largest absolute Gasteiger partial charge is 0.380 e. The van der Waals surface area contributed by atoms with Gasteiger partial charge in [0, 0.05) is 12.5 Å². The van der Waals surface area contributed by atoms with Crippen molar-refractivity contribution in [1.29, 1.82) is 0 Å². The number of methoxy groups -OCH3 is 1. The Morgan fingerprint density at radius 1 is 1.27 bits per heavy atom. The molecule has 0 spiro atoms. The summed E-state index contributed by atoms with van der Waals surface area (Å²) < 4.78 is 11.2. The summed E-state index contributed by atoms with van der Waals surface area (Å²) in [7, 11) is 1.87. The van der Waals surface area contributed by atoms with Gasteiger partial charge in [-0.2, -0.15) is 0 Å². The van der Waals surface area contributed by atoms with Crippen LogP contribution in [0, 0.1) is 5.41 Å². The molecule has 2 heterocycles. The van der Waals surface area contributed by atoms with Gasteiger partial charge in [0.25, 0.3) is 0 Å². The molecular formula is C12H23NO2. The van der Waals surface area contributed by atoms with Gasteiger partial charge in [-0.3, -0.25) is 0 Å². The van der Waals surface area contributed by atoms with Crippen molar-refractivity contribution in [3.05, 3.63) is 0 Å². The highest BCUT2D eigenvalue weighted by Gasteiger charge is 2.45. The molecule has 15 heavy (non-hydrogen) atoms. The maximum Gasteiger partial charge on any atom is 0.0710 e. The highest BCUT2D eigenvalue weighted by molar-refractivity contribution is 4.96. The molecule has 1 N–H and O–H groups in total. The molecule has 2 fully saturated rings. The average molecular weight is 213 g/mol. The quantitative estimate of drug-likeness (QED) is 0.769. The number of hydrogen-bond acceptors (Lipinski definition) is 3. The SMILES string of the molecule is CCC1(CC2(OC)CCNCC2)COC1. The molecule has 0 bridgehead atoms. The summed E-state index contributed by atoms with van der Waals surface area (Å²) in [5.41, 5.74) is 0.526. The molecule has 0 aliphatic carbocycles. The van der Waals surface area contributed by atoms with Crippen molar-refractivity contribution in [2.24, 2.45) is 5.41 Å². The summed E-state index contributed by atoms with van der Waals surface area (Å²) in [5, 5.41) is 3.40. The van der Waals surface area contributed by atoms with Gasteiger partial charge in [0.05, 0.1) is 18.8 Å². The van der Waals surface area contributed by atoms with Crippen LogP contribution >= 0.6 is 0 Å². The molecule has 0 radical (unpaired) electrons. The smallest absolute Gasteiger partial charge is 0.0710 e. The molecule has 2 saturated heterocycles. The lowest BCUT2D eigenvalue weighted by molar-refractivity contribution is -0.165. The van der Waals surface area contributed by atoms with E-state index in [1.807, 2.05) is 7.11 Å². The van der Waals surface area contributed by atoms with E-state index < -0.39 is 0 Å². The molecule has 3 heteroatoms. The highest BCUT2D eigenvalue weighted by Crippen LogP contribution is 2.43.